The molecular weight excluding hydrogens is 310 g/mol. The molecule has 110 valence electrons. The Kier molecular flexibility index (Phi) is 3.67. The second-order valence-electron chi connectivity index (χ2n) is 4.18. The van der Waals surface area contributed by atoms with E-state index >= 15 is 0 Å². The number of nitrogens with zero attached hydrogens (tertiary/aromatic N) is 5. The maximum atomic E-state index is 11.0. The van der Waals surface area contributed by atoms with Crippen molar-refractivity contribution in [2.45, 2.75) is 0 Å². The molecule has 3 rings (SSSR count). The summed E-state index contributed by atoms with van der Waals surface area (Å²) >= 11 is 5.72. The van der Waals surface area contributed by atoms with Crippen molar-refractivity contribution in [1.82, 2.24) is 20.0 Å². The van der Waals surface area contributed by atoms with Gasteiger partial charge >= 0.3 is 5.69 Å². The molecule has 0 radical (unpaired) electrons. The van der Waals surface area contributed by atoms with Crippen LogP contribution in [-0.2, 0) is 0 Å². The topological polar surface area (TPSA) is 96.0 Å². The predicted molar refractivity (Wildman–Crippen MR) is 77.3 cm³/mol. The van der Waals surface area contributed by atoms with E-state index < -0.39 is 4.92 Å². The zero-order chi connectivity index (χ0) is 15.5. The summed E-state index contributed by atoms with van der Waals surface area (Å²) in [4.78, 5) is 14.3. The Bertz CT molecular complexity index is 822. The van der Waals surface area contributed by atoms with E-state index in [-0.39, 0.29) is 16.6 Å². The Morgan fingerprint density at radius 3 is 2.91 bits per heavy atom. The first-order valence-electron chi connectivity index (χ1n) is 6.08. The van der Waals surface area contributed by atoms with Crippen LogP contribution < -0.4 is 4.74 Å². The van der Waals surface area contributed by atoms with Gasteiger partial charge < -0.3 is 4.74 Å². The third kappa shape index (κ3) is 2.86. The van der Waals surface area contributed by atoms with Crippen LogP contribution in [0.3, 0.4) is 0 Å². The van der Waals surface area contributed by atoms with Crippen molar-refractivity contribution in [2.75, 3.05) is 0 Å². The first-order valence-corrected chi connectivity index (χ1v) is 6.46. The van der Waals surface area contributed by atoms with Crippen molar-refractivity contribution >= 4 is 17.3 Å². The summed E-state index contributed by atoms with van der Waals surface area (Å²) < 4.78 is 7.03. The Labute approximate surface area is 129 Å². The molecule has 2 aromatic heterocycles. The van der Waals surface area contributed by atoms with Gasteiger partial charge in [-0.05, 0) is 12.1 Å². The molecule has 0 amide bonds. The zero-order valence-electron chi connectivity index (χ0n) is 11.0. The lowest BCUT2D eigenvalue weighted by molar-refractivity contribution is -0.386. The average Bonchev–Trinajstić information content (AvgIpc) is 3.03. The van der Waals surface area contributed by atoms with Crippen LogP contribution in [0.1, 0.15) is 0 Å². The summed E-state index contributed by atoms with van der Waals surface area (Å²) in [7, 11) is 0. The van der Waals surface area contributed by atoms with Crippen LogP contribution in [0.15, 0.2) is 48.9 Å². The molecule has 0 saturated heterocycles. The number of ether oxygens (including phenoxy) is 1. The van der Waals surface area contributed by atoms with E-state index in [1.165, 1.54) is 16.9 Å². The van der Waals surface area contributed by atoms with Crippen LogP contribution in [0.4, 0.5) is 5.69 Å². The predicted octanol–water partition coefficient (Wildman–Crippen LogP) is 3.02. The molecule has 0 aliphatic heterocycles. The highest BCUT2D eigenvalue weighted by Crippen LogP contribution is 2.31. The molecule has 0 atom stereocenters. The van der Waals surface area contributed by atoms with Gasteiger partial charge in [-0.3, -0.25) is 10.1 Å². The van der Waals surface area contributed by atoms with E-state index in [2.05, 4.69) is 15.3 Å². The molecule has 22 heavy (non-hydrogen) atoms. The van der Waals surface area contributed by atoms with E-state index in [0.29, 0.717) is 11.4 Å². The highest BCUT2D eigenvalue weighted by Gasteiger charge is 2.18. The number of hydrogen-bond donors (Lipinski definition) is 0. The van der Waals surface area contributed by atoms with Crippen molar-refractivity contribution in [1.29, 1.82) is 0 Å². The lowest BCUT2D eigenvalue weighted by Gasteiger charge is -2.07. The number of nitro groups is 1. The van der Waals surface area contributed by atoms with Gasteiger partial charge in [-0.1, -0.05) is 22.9 Å². The molecule has 0 unspecified atom stereocenters. The SMILES string of the molecule is O=[N+]([O-])c1cc(Cl)cnc1Oc1cccc(-n2ccnn2)c1. The molecule has 0 aliphatic rings. The lowest BCUT2D eigenvalue weighted by Crippen LogP contribution is -1.98. The van der Waals surface area contributed by atoms with Crippen LogP contribution >= 0.6 is 11.6 Å². The standard InChI is InChI=1S/C13H8ClN5O3/c14-9-6-12(19(20)21)13(15-8-9)22-11-3-1-2-10(7-11)18-5-4-16-17-18/h1-8H. The Morgan fingerprint density at radius 1 is 1.32 bits per heavy atom. The quantitative estimate of drug-likeness (QED) is 0.542. The number of aromatic nitrogens is 4. The molecule has 0 bridgehead atoms. The van der Waals surface area contributed by atoms with Crippen molar-refractivity contribution in [3.05, 3.63) is 64.1 Å². The monoisotopic (exact) mass is 317 g/mol. The second-order valence-corrected chi connectivity index (χ2v) is 4.62. The highest BCUT2D eigenvalue weighted by molar-refractivity contribution is 6.30. The van der Waals surface area contributed by atoms with E-state index in [1.807, 2.05) is 0 Å². The summed E-state index contributed by atoms with van der Waals surface area (Å²) in [6.45, 7) is 0. The van der Waals surface area contributed by atoms with Gasteiger partial charge in [-0.25, -0.2) is 9.67 Å². The number of halogens is 1. The number of pyridine rings is 1. The number of benzene rings is 1. The van der Waals surface area contributed by atoms with Gasteiger partial charge in [0.05, 0.1) is 34.2 Å². The smallest absolute Gasteiger partial charge is 0.332 e. The molecular formula is C13H8ClN5O3. The minimum absolute atomic E-state index is 0.134. The van der Waals surface area contributed by atoms with Crippen LogP contribution in [0.5, 0.6) is 11.6 Å². The van der Waals surface area contributed by atoms with Gasteiger partial charge in [0.1, 0.15) is 5.75 Å². The van der Waals surface area contributed by atoms with E-state index in [1.54, 1.807) is 36.7 Å². The first-order chi connectivity index (χ1) is 10.6. The zero-order valence-corrected chi connectivity index (χ0v) is 11.7. The van der Waals surface area contributed by atoms with Crippen LogP contribution in [-0.4, -0.2) is 24.9 Å². The number of rotatable bonds is 4. The van der Waals surface area contributed by atoms with Crippen molar-refractivity contribution in [2.24, 2.45) is 0 Å². The Hall–Kier alpha value is -3.00. The largest absolute Gasteiger partial charge is 0.434 e. The molecule has 0 saturated carbocycles. The summed E-state index contributed by atoms with van der Waals surface area (Å²) in [5, 5.41) is 18.8. The molecule has 1 aromatic carbocycles. The molecule has 3 aromatic rings. The average molecular weight is 318 g/mol. The van der Waals surface area contributed by atoms with Gasteiger partial charge in [-0.15, -0.1) is 5.10 Å². The molecule has 2 heterocycles. The first kappa shape index (κ1) is 14.0. The van der Waals surface area contributed by atoms with E-state index in [4.69, 9.17) is 16.3 Å². The molecule has 0 fully saturated rings. The summed E-state index contributed by atoms with van der Waals surface area (Å²) in [5.41, 5.74) is 0.394. The number of hydrogen-bond acceptors (Lipinski definition) is 6. The summed E-state index contributed by atoms with van der Waals surface area (Å²) in [6.07, 6.45) is 4.49. The van der Waals surface area contributed by atoms with E-state index in [9.17, 15) is 10.1 Å². The lowest BCUT2D eigenvalue weighted by atomic mass is 10.3. The Morgan fingerprint density at radius 2 is 2.18 bits per heavy atom. The normalized spacial score (nSPS) is 10.4. The maximum Gasteiger partial charge on any atom is 0.332 e. The third-order valence-electron chi connectivity index (χ3n) is 2.71. The van der Waals surface area contributed by atoms with Gasteiger partial charge in [0.2, 0.25) is 0 Å². The minimum atomic E-state index is -0.602. The van der Waals surface area contributed by atoms with Crippen LogP contribution in [0, 0.1) is 10.1 Å². The Balaban J connectivity index is 1.94. The van der Waals surface area contributed by atoms with Crippen molar-refractivity contribution in [3.63, 3.8) is 0 Å². The highest BCUT2D eigenvalue weighted by atomic mass is 35.5. The molecule has 0 spiro atoms. The maximum absolute atomic E-state index is 11.0. The molecule has 9 heteroatoms. The van der Waals surface area contributed by atoms with E-state index in [0.717, 1.165) is 0 Å². The van der Waals surface area contributed by atoms with Gasteiger partial charge in [0, 0.05) is 12.1 Å². The fourth-order valence-corrected chi connectivity index (χ4v) is 1.92. The fourth-order valence-electron chi connectivity index (χ4n) is 1.77. The van der Waals surface area contributed by atoms with Gasteiger partial charge in [0.15, 0.2) is 0 Å². The van der Waals surface area contributed by atoms with Gasteiger partial charge in [-0.2, -0.15) is 0 Å². The third-order valence-corrected chi connectivity index (χ3v) is 2.92. The van der Waals surface area contributed by atoms with Crippen LogP contribution in [0.2, 0.25) is 5.02 Å². The second kappa shape index (κ2) is 5.78. The molecule has 0 N–H and O–H groups in total. The van der Waals surface area contributed by atoms with Crippen LogP contribution in [0.25, 0.3) is 5.69 Å². The molecule has 8 nitrogen and oxygen atoms in total. The molecule has 0 aliphatic carbocycles. The minimum Gasteiger partial charge on any atom is -0.434 e. The van der Waals surface area contributed by atoms with Gasteiger partial charge in [0.25, 0.3) is 5.88 Å². The van der Waals surface area contributed by atoms with Crippen molar-refractivity contribution < 1.29 is 9.66 Å². The summed E-state index contributed by atoms with van der Waals surface area (Å²) in [6, 6.07) is 8.03. The summed E-state index contributed by atoms with van der Waals surface area (Å²) in [5.74, 6) is 0.246. The fraction of sp³-hybridized carbons (Fsp3) is 0. The van der Waals surface area contributed by atoms with Crippen molar-refractivity contribution in [3.8, 4) is 17.3 Å².